The van der Waals surface area contributed by atoms with Crippen LogP contribution in [0, 0.1) is 0 Å². The number of carboxylic acids is 1. The minimum atomic E-state index is -1.25. The second-order valence-electron chi connectivity index (χ2n) is 11.8. The quantitative estimate of drug-likeness (QED) is 0.396. The summed E-state index contributed by atoms with van der Waals surface area (Å²) in [6.07, 6.45) is 1.64. The van der Waals surface area contributed by atoms with Gasteiger partial charge in [-0.3, -0.25) is 9.69 Å². The number of aliphatic carboxylic acids is 1. The molecular weight excluding hydrogens is 530 g/mol. The summed E-state index contributed by atoms with van der Waals surface area (Å²) in [5.74, 6) is -1.46. The molecule has 0 bridgehead atoms. The highest BCUT2D eigenvalue weighted by atomic mass is 16.5. The van der Waals surface area contributed by atoms with E-state index < -0.39 is 23.1 Å². The molecule has 3 aliphatic rings. The highest BCUT2D eigenvalue weighted by molar-refractivity contribution is 5.95. The van der Waals surface area contributed by atoms with Crippen LogP contribution in [0.4, 0.5) is 4.79 Å². The van der Waals surface area contributed by atoms with Crippen LogP contribution in [-0.2, 0) is 20.9 Å². The van der Waals surface area contributed by atoms with Crippen LogP contribution < -0.4 is 5.32 Å². The van der Waals surface area contributed by atoms with Crippen molar-refractivity contribution in [2.24, 2.45) is 0 Å². The van der Waals surface area contributed by atoms with Gasteiger partial charge in [-0.15, -0.1) is 0 Å². The van der Waals surface area contributed by atoms with Crippen LogP contribution in [0.1, 0.15) is 54.7 Å². The highest BCUT2D eigenvalue weighted by Gasteiger charge is 2.55. The monoisotopic (exact) mass is 567 g/mol. The number of carbonyl (C=O) groups excluding carboxylic acids is 2. The predicted octanol–water partition coefficient (Wildman–Crippen LogP) is 5.03. The fourth-order valence-corrected chi connectivity index (χ4v) is 6.88. The molecule has 1 saturated heterocycles. The number of carboxylic acid groups (broad SMARTS) is 1. The third-order valence-corrected chi connectivity index (χ3v) is 9.58. The SMILES string of the molecule is CN(C(=O)C1(NC(=O)OCC2c3ccccc3-c3ccccc32)CCN(Cc2ccccc2)CC1)C1(C(=O)O)CCC1. The summed E-state index contributed by atoms with van der Waals surface area (Å²) < 4.78 is 5.84. The van der Waals surface area contributed by atoms with Crippen LogP contribution in [0.3, 0.4) is 0 Å². The first-order chi connectivity index (χ1) is 20.3. The summed E-state index contributed by atoms with van der Waals surface area (Å²) in [6.45, 7) is 2.04. The van der Waals surface area contributed by atoms with Crippen LogP contribution in [-0.4, -0.2) is 70.7 Å². The lowest BCUT2D eigenvalue weighted by atomic mass is 9.74. The third-order valence-electron chi connectivity index (χ3n) is 9.58. The van der Waals surface area contributed by atoms with E-state index in [9.17, 15) is 19.5 Å². The number of carbonyl (C=O) groups is 3. The van der Waals surface area contributed by atoms with E-state index in [1.54, 1.807) is 7.05 Å². The van der Waals surface area contributed by atoms with E-state index in [4.69, 9.17) is 4.74 Å². The van der Waals surface area contributed by atoms with E-state index in [1.807, 2.05) is 42.5 Å². The molecule has 1 aliphatic heterocycles. The topological polar surface area (TPSA) is 99.2 Å². The molecular formula is C34H37N3O5. The van der Waals surface area contributed by atoms with Gasteiger partial charge >= 0.3 is 12.1 Å². The zero-order valence-corrected chi connectivity index (χ0v) is 23.9. The minimum absolute atomic E-state index is 0.101. The summed E-state index contributed by atoms with van der Waals surface area (Å²) in [6, 6.07) is 26.4. The van der Waals surface area contributed by atoms with E-state index in [1.165, 1.54) is 10.5 Å². The Balaban J connectivity index is 1.19. The number of rotatable bonds is 8. The van der Waals surface area contributed by atoms with Crippen molar-refractivity contribution in [2.75, 3.05) is 26.7 Å². The first-order valence-electron chi connectivity index (χ1n) is 14.7. The average molecular weight is 568 g/mol. The molecule has 0 spiro atoms. The number of ether oxygens (including phenoxy) is 1. The number of nitrogens with zero attached hydrogens (tertiary/aromatic N) is 2. The molecule has 2 fully saturated rings. The highest BCUT2D eigenvalue weighted by Crippen LogP contribution is 2.44. The van der Waals surface area contributed by atoms with E-state index in [0.717, 1.165) is 35.2 Å². The zero-order valence-electron chi connectivity index (χ0n) is 23.9. The van der Waals surface area contributed by atoms with Gasteiger partial charge < -0.3 is 20.1 Å². The van der Waals surface area contributed by atoms with Crippen LogP contribution in [0.15, 0.2) is 78.9 Å². The van der Waals surface area contributed by atoms with Gasteiger partial charge in [-0.1, -0.05) is 78.9 Å². The van der Waals surface area contributed by atoms with Crippen molar-refractivity contribution in [3.05, 3.63) is 95.6 Å². The molecule has 1 saturated carbocycles. The number of hydrogen-bond donors (Lipinski definition) is 2. The van der Waals surface area contributed by atoms with E-state index in [0.29, 0.717) is 38.8 Å². The smallest absolute Gasteiger partial charge is 0.408 e. The molecule has 3 aromatic rings. The van der Waals surface area contributed by atoms with Gasteiger partial charge in [0.25, 0.3) is 0 Å². The van der Waals surface area contributed by atoms with Gasteiger partial charge in [-0.25, -0.2) is 9.59 Å². The van der Waals surface area contributed by atoms with E-state index >= 15 is 0 Å². The van der Waals surface area contributed by atoms with E-state index in [2.05, 4.69) is 46.6 Å². The first kappa shape index (κ1) is 28.0. The van der Waals surface area contributed by atoms with Crippen molar-refractivity contribution < 1.29 is 24.2 Å². The van der Waals surface area contributed by atoms with Crippen molar-refractivity contribution in [1.82, 2.24) is 15.1 Å². The fraction of sp³-hybridized carbons (Fsp3) is 0.382. The van der Waals surface area contributed by atoms with Gasteiger partial charge in [0.1, 0.15) is 17.7 Å². The molecule has 0 unspecified atom stereocenters. The maximum Gasteiger partial charge on any atom is 0.408 e. The number of alkyl carbamates (subject to hydrolysis) is 1. The van der Waals surface area contributed by atoms with Crippen LogP contribution in [0.5, 0.6) is 0 Å². The van der Waals surface area contributed by atoms with Gasteiger partial charge in [-0.05, 0) is 59.9 Å². The molecule has 1 heterocycles. The lowest BCUT2D eigenvalue weighted by Crippen LogP contribution is -2.69. The number of benzene rings is 3. The van der Waals surface area contributed by atoms with Crippen molar-refractivity contribution in [3.8, 4) is 11.1 Å². The summed E-state index contributed by atoms with van der Waals surface area (Å²) in [4.78, 5) is 43.4. The summed E-state index contributed by atoms with van der Waals surface area (Å²) in [7, 11) is 1.56. The Morgan fingerprint density at radius 2 is 1.45 bits per heavy atom. The van der Waals surface area contributed by atoms with Crippen molar-refractivity contribution in [1.29, 1.82) is 0 Å². The van der Waals surface area contributed by atoms with Crippen molar-refractivity contribution >= 4 is 18.0 Å². The Morgan fingerprint density at radius 1 is 0.881 bits per heavy atom. The Labute approximate surface area is 246 Å². The molecule has 8 heteroatoms. The Bertz CT molecular complexity index is 1430. The third kappa shape index (κ3) is 4.94. The maximum absolute atomic E-state index is 14.1. The number of amides is 2. The Kier molecular flexibility index (Phi) is 7.49. The van der Waals surface area contributed by atoms with Crippen LogP contribution in [0.2, 0.25) is 0 Å². The summed E-state index contributed by atoms with van der Waals surface area (Å²) >= 11 is 0. The van der Waals surface area contributed by atoms with Gasteiger partial charge in [0, 0.05) is 32.6 Å². The number of fused-ring (bicyclic) bond motifs is 3. The summed E-state index contributed by atoms with van der Waals surface area (Å²) in [5.41, 5.74) is 3.20. The van der Waals surface area contributed by atoms with Gasteiger partial charge in [0.2, 0.25) is 5.91 Å². The van der Waals surface area contributed by atoms with Crippen molar-refractivity contribution in [2.45, 2.75) is 55.6 Å². The standard InChI is InChI=1S/C34H37N3O5/c1-36(34(31(39)40)16-9-17-34)30(38)33(18-20-37(21-19-33)22-24-10-3-2-4-11-24)35-32(41)42-23-29-27-14-7-5-12-25(27)26-13-6-8-15-28(26)29/h2-8,10-15,29H,9,16-23H2,1H3,(H,35,41)(H,39,40). The fourth-order valence-electron chi connectivity index (χ4n) is 6.88. The first-order valence-corrected chi connectivity index (χ1v) is 14.7. The molecule has 6 rings (SSSR count). The number of piperidine rings is 1. The number of hydrogen-bond acceptors (Lipinski definition) is 5. The number of nitrogens with one attached hydrogen (secondary N) is 1. The number of likely N-dealkylation sites (N-methyl/N-ethyl adjacent to an activating group) is 1. The van der Waals surface area contributed by atoms with Gasteiger partial charge in [0.05, 0.1) is 0 Å². The molecule has 2 amide bonds. The molecule has 8 nitrogen and oxygen atoms in total. The molecule has 3 aromatic carbocycles. The van der Waals surface area contributed by atoms with Gasteiger partial charge in [-0.2, -0.15) is 0 Å². The second kappa shape index (κ2) is 11.2. The zero-order chi connectivity index (χ0) is 29.3. The summed E-state index contributed by atoms with van der Waals surface area (Å²) in [5, 5.41) is 13.0. The van der Waals surface area contributed by atoms with Crippen LogP contribution in [0.25, 0.3) is 11.1 Å². The molecule has 2 aliphatic carbocycles. The largest absolute Gasteiger partial charge is 0.479 e. The molecule has 2 N–H and O–H groups in total. The second-order valence-corrected chi connectivity index (χ2v) is 11.8. The van der Waals surface area contributed by atoms with Crippen molar-refractivity contribution in [3.63, 3.8) is 0 Å². The maximum atomic E-state index is 14.1. The molecule has 0 aromatic heterocycles. The van der Waals surface area contributed by atoms with Gasteiger partial charge in [0.15, 0.2) is 0 Å². The lowest BCUT2D eigenvalue weighted by molar-refractivity contribution is -0.167. The average Bonchev–Trinajstić information content (AvgIpc) is 3.30. The lowest BCUT2D eigenvalue weighted by Gasteiger charge is -2.50. The predicted molar refractivity (Wildman–Crippen MR) is 159 cm³/mol. The van der Waals surface area contributed by atoms with E-state index in [-0.39, 0.29) is 18.4 Å². The number of likely N-dealkylation sites (tertiary alicyclic amines) is 1. The molecule has 0 radical (unpaired) electrons. The molecule has 42 heavy (non-hydrogen) atoms. The molecule has 0 atom stereocenters. The minimum Gasteiger partial charge on any atom is -0.479 e. The molecule has 218 valence electrons. The Hall–Kier alpha value is -4.17. The van der Waals surface area contributed by atoms with Crippen LogP contribution >= 0.6 is 0 Å². The normalized spacial score (nSPS) is 18.7. The Morgan fingerprint density at radius 3 is 2.00 bits per heavy atom.